The zero-order valence-electron chi connectivity index (χ0n) is 29.4. The molecule has 2 heterocycles. The molecular formula is C39H47F3N6O3S. The molecule has 0 saturated carbocycles. The monoisotopic (exact) mass is 736 g/mol. The van der Waals surface area contributed by atoms with E-state index in [1.54, 1.807) is 25.2 Å². The predicted molar refractivity (Wildman–Crippen MR) is 196 cm³/mol. The van der Waals surface area contributed by atoms with Crippen molar-refractivity contribution in [3.05, 3.63) is 94.7 Å². The summed E-state index contributed by atoms with van der Waals surface area (Å²) in [7, 11) is 1.57. The molecule has 0 saturated heterocycles. The number of ketones is 1. The Morgan fingerprint density at radius 1 is 0.904 bits per heavy atom. The first-order valence-corrected chi connectivity index (χ1v) is 18.6. The molecule has 1 aliphatic carbocycles. The number of hydrogen-bond donors (Lipinski definition) is 4. The number of pyridine rings is 1. The molecule has 5 rings (SSSR count). The number of nitrogens with two attached hydrogens (primary N) is 2. The summed E-state index contributed by atoms with van der Waals surface area (Å²) >= 11 is 0.876. The highest BCUT2D eigenvalue weighted by atomic mass is 32.2. The summed E-state index contributed by atoms with van der Waals surface area (Å²) in [6.07, 6.45) is 2.37. The third-order valence-electron chi connectivity index (χ3n) is 9.79. The van der Waals surface area contributed by atoms with E-state index in [-0.39, 0.29) is 48.1 Å². The van der Waals surface area contributed by atoms with Gasteiger partial charge in [0, 0.05) is 50.0 Å². The molecule has 0 unspecified atom stereocenters. The van der Waals surface area contributed by atoms with Crippen molar-refractivity contribution < 1.29 is 27.6 Å². The highest BCUT2D eigenvalue weighted by Gasteiger charge is 2.37. The minimum absolute atomic E-state index is 0.0507. The van der Waals surface area contributed by atoms with Crippen molar-refractivity contribution in [1.29, 1.82) is 0 Å². The molecule has 3 aromatic rings. The number of benzene rings is 2. The summed E-state index contributed by atoms with van der Waals surface area (Å²) in [4.78, 5) is 48.4. The van der Waals surface area contributed by atoms with E-state index in [0.717, 1.165) is 34.5 Å². The van der Waals surface area contributed by atoms with Crippen molar-refractivity contribution >= 4 is 34.9 Å². The van der Waals surface area contributed by atoms with E-state index >= 15 is 0 Å². The maximum Gasteiger partial charge on any atom is 0.417 e. The molecule has 2 amide bonds. The Morgan fingerprint density at radius 2 is 1.65 bits per heavy atom. The number of amides is 2. The second-order valence-electron chi connectivity index (χ2n) is 13.4. The van der Waals surface area contributed by atoms with Gasteiger partial charge in [0.25, 0.3) is 0 Å². The van der Waals surface area contributed by atoms with Crippen LogP contribution in [0.2, 0.25) is 0 Å². The first-order valence-electron chi connectivity index (χ1n) is 17.8. The number of likely N-dealkylation sites (N-methyl/N-ethyl adjacent to an activating group) is 1. The molecule has 52 heavy (non-hydrogen) atoms. The maximum atomic E-state index is 14.5. The van der Waals surface area contributed by atoms with Gasteiger partial charge in [-0.15, -0.1) is 0 Å². The maximum absolute atomic E-state index is 14.5. The summed E-state index contributed by atoms with van der Waals surface area (Å²) in [5.74, 6) is -1.73. The highest BCUT2D eigenvalue weighted by molar-refractivity contribution is 7.99. The van der Waals surface area contributed by atoms with Crippen LogP contribution in [0.25, 0.3) is 5.57 Å². The van der Waals surface area contributed by atoms with Gasteiger partial charge in [-0.25, -0.2) is 4.98 Å². The largest absolute Gasteiger partial charge is 0.417 e. The number of nitrogens with zero attached hydrogens (tertiary/aromatic N) is 2. The molecule has 13 heteroatoms. The molecule has 9 nitrogen and oxygen atoms in total. The number of hydrogen-bond acceptors (Lipinski definition) is 8. The highest BCUT2D eigenvalue weighted by Crippen LogP contribution is 2.42. The van der Waals surface area contributed by atoms with Gasteiger partial charge in [-0.1, -0.05) is 66.7 Å². The number of rotatable bonds is 9. The second kappa shape index (κ2) is 18.1. The van der Waals surface area contributed by atoms with Crippen molar-refractivity contribution in [3.8, 4) is 0 Å². The molecule has 1 aliphatic heterocycles. The average molecular weight is 737 g/mol. The quantitative estimate of drug-likeness (QED) is 0.207. The first kappa shape index (κ1) is 39.2. The van der Waals surface area contributed by atoms with Gasteiger partial charge >= 0.3 is 6.18 Å². The Labute approximate surface area is 307 Å². The van der Waals surface area contributed by atoms with Crippen LogP contribution in [0.5, 0.6) is 0 Å². The van der Waals surface area contributed by atoms with Crippen molar-refractivity contribution in [2.24, 2.45) is 17.4 Å². The van der Waals surface area contributed by atoms with E-state index in [2.05, 4.69) is 15.6 Å². The lowest BCUT2D eigenvalue weighted by atomic mass is 9.90. The number of alkyl halides is 3. The number of allylic oxidation sites excluding steroid dienone is 1. The third kappa shape index (κ3) is 9.68. The van der Waals surface area contributed by atoms with Crippen LogP contribution >= 0.6 is 11.8 Å². The van der Waals surface area contributed by atoms with Crippen molar-refractivity contribution in [3.63, 3.8) is 0 Å². The molecule has 278 valence electrons. The van der Waals surface area contributed by atoms with E-state index in [1.165, 1.54) is 17.2 Å². The summed E-state index contributed by atoms with van der Waals surface area (Å²) < 4.78 is 43.4. The summed E-state index contributed by atoms with van der Waals surface area (Å²) in [6, 6.07) is 13.6. The Hall–Kier alpha value is -4.04. The number of Topliss-reactive ketones (excluding diaryl/α,β-unsaturated/α-hetero) is 1. The van der Waals surface area contributed by atoms with Crippen LogP contribution in [0.1, 0.15) is 72.8 Å². The number of aromatic nitrogens is 1. The molecule has 0 fully saturated rings. The molecule has 0 spiro atoms. The minimum Gasteiger partial charge on any atom is -0.350 e. The van der Waals surface area contributed by atoms with E-state index in [0.29, 0.717) is 62.2 Å². The fourth-order valence-electron chi connectivity index (χ4n) is 6.88. The molecule has 2 aromatic carbocycles. The lowest BCUT2D eigenvalue weighted by Gasteiger charge is -2.32. The van der Waals surface area contributed by atoms with Crippen LogP contribution in [0, 0.1) is 5.92 Å². The number of carbonyl (C=O) groups excluding carboxylic acids is 3. The molecule has 0 bridgehead atoms. The SMILES string of the molecule is CN1C(=O)[C@H](CCCCN)CC(=O)[C@H](CCCN)NCc2cccnc2Sc2c(cccc2C(F)(F)F)CNC(=O)[C@@H]1CC1=CCc2ccccc21. The second-order valence-corrected chi connectivity index (χ2v) is 14.4. The minimum atomic E-state index is -4.68. The third-order valence-corrected chi connectivity index (χ3v) is 11.0. The Balaban J connectivity index is 1.58. The number of fused-ring (bicyclic) bond motifs is 3. The fourth-order valence-corrected chi connectivity index (χ4v) is 8.03. The number of nitrogens with one attached hydrogen (secondary N) is 2. The van der Waals surface area contributed by atoms with Gasteiger partial charge < -0.3 is 27.0 Å². The lowest BCUT2D eigenvalue weighted by Crippen LogP contribution is -2.50. The van der Waals surface area contributed by atoms with Gasteiger partial charge in [0.05, 0.1) is 11.6 Å². The molecule has 1 aromatic heterocycles. The first-order chi connectivity index (χ1) is 25.0. The molecule has 6 N–H and O–H groups in total. The van der Waals surface area contributed by atoms with E-state index in [1.807, 2.05) is 30.3 Å². The average Bonchev–Trinajstić information content (AvgIpc) is 3.54. The van der Waals surface area contributed by atoms with Crippen LogP contribution in [-0.4, -0.2) is 59.7 Å². The van der Waals surface area contributed by atoms with Gasteiger partial charge in [0.15, 0.2) is 5.78 Å². The van der Waals surface area contributed by atoms with Crippen LogP contribution in [0.15, 0.2) is 76.8 Å². The van der Waals surface area contributed by atoms with Gasteiger partial charge in [0.1, 0.15) is 11.1 Å². The van der Waals surface area contributed by atoms with Crippen LogP contribution in [0.3, 0.4) is 0 Å². The summed E-state index contributed by atoms with van der Waals surface area (Å²) in [6.45, 7) is 0.738. The zero-order chi connectivity index (χ0) is 37.3. The van der Waals surface area contributed by atoms with Crippen LogP contribution < -0.4 is 22.1 Å². The molecule has 2 aliphatic rings. The van der Waals surface area contributed by atoms with Crippen LogP contribution in [0.4, 0.5) is 13.2 Å². The van der Waals surface area contributed by atoms with Crippen molar-refractivity contribution in [2.75, 3.05) is 20.1 Å². The zero-order valence-corrected chi connectivity index (χ0v) is 30.2. The molecule has 3 atom stereocenters. The predicted octanol–water partition coefficient (Wildman–Crippen LogP) is 5.64. The standard InChI is InChI=1S/C39H47F3N6O3S/c1-48-33(21-26-17-16-25-9-2-3-13-30(25)26)36(50)47-23-28-11-6-14-31(39(40,41)42)35(28)52-37-29(12-8-20-45-37)24-46-32(15-7-19-44)34(49)22-27(38(48)51)10-4-5-18-43/h2-3,6,8-9,11-14,17,20,27,32-33,46H,4-5,7,10,15-16,18-19,21-24,43-44H2,1H3,(H,47,50)/t27-,32+,33+/m1/s1. The van der Waals surface area contributed by atoms with E-state index in [4.69, 9.17) is 11.5 Å². The molecular weight excluding hydrogens is 690 g/mol. The normalized spacial score (nSPS) is 20.4. The van der Waals surface area contributed by atoms with E-state index in [9.17, 15) is 27.6 Å². The Bertz CT molecular complexity index is 1770. The number of carbonyl (C=O) groups is 3. The summed E-state index contributed by atoms with van der Waals surface area (Å²) in [5, 5.41) is 6.52. The lowest BCUT2D eigenvalue weighted by molar-refractivity contribution is -0.143. The number of halogens is 3. The fraction of sp³-hybridized carbons (Fsp3) is 0.436. The Kier molecular flexibility index (Phi) is 13.7. The topological polar surface area (TPSA) is 143 Å². The van der Waals surface area contributed by atoms with Crippen molar-refractivity contribution in [2.45, 2.75) is 92.6 Å². The van der Waals surface area contributed by atoms with Gasteiger partial charge in [-0.2, -0.15) is 13.2 Å². The van der Waals surface area contributed by atoms with Gasteiger partial charge in [-0.3, -0.25) is 14.4 Å². The van der Waals surface area contributed by atoms with Gasteiger partial charge in [-0.05, 0) is 85.2 Å². The van der Waals surface area contributed by atoms with Crippen LogP contribution in [-0.2, 0) is 40.1 Å². The molecule has 0 radical (unpaired) electrons. The summed E-state index contributed by atoms with van der Waals surface area (Å²) in [5.41, 5.74) is 14.6. The smallest absolute Gasteiger partial charge is 0.350 e. The number of unbranched alkanes of at least 4 members (excludes halogenated alkanes) is 1. The van der Waals surface area contributed by atoms with E-state index < -0.39 is 35.6 Å². The van der Waals surface area contributed by atoms with Gasteiger partial charge in [0.2, 0.25) is 11.8 Å². The Morgan fingerprint density at radius 3 is 2.42 bits per heavy atom. The van der Waals surface area contributed by atoms with Crippen molar-refractivity contribution in [1.82, 2.24) is 20.5 Å².